The van der Waals surface area contributed by atoms with Crippen molar-refractivity contribution < 1.29 is 4.79 Å². The van der Waals surface area contributed by atoms with E-state index in [9.17, 15) is 10.1 Å². The Labute approximate surface area is 231 Å². The first-order chi connectivity index (χ1) is 18.6. The van der Waals surface area contributed by atoms with Crippen LogP contribution in [-0.4, -0.2) is 10.5 Å². The normalized spacial score (nSPS) is 11.1. The highest BCUT2D eigenvalue weighted by Crippen LogP contribution is 2.37. The summed E-state index contributed by atoms with van der Waals surface area (Å²) in [6, 6.07) is 38.9. The zero-order valence-corrected chi connectivity index (χ0v) is 21.6. The quantitative estimate of drug-likeness (QED) is 0.175. The van der Waals surface area contributed by atoms with Crippen LogP contribution in [0.15, 0.2) is 121 Å². The molecule has 1 amide bonds. The lowest BCUT2D eigenvalue weighted by molar-refractivity contribution is -0.112. The van der Waals surface area contributed by atoms with Crippen molar-refractivity contribution in [2.75, 3.05) is 5.32 Å². The molecule has 6 heteroatoms. The molecule has 0 atom stereocenters. The number of benzene rings is 4. The van der Waals surface area contributed by atoms with Crippen molar-refractivity contribution in [3.8, 4) is 34.3 Å². The highest BCUT2D eigenvalue weighted by molar-refractivity contribution is 6.44. The summed E-state index contributed by atoms with van der Waals surface area (Å²) in [6.45, 7) is 0. The van der Waals surface area contributed by atoms with Crippen LogP contribution in [0.5, 0.6) is 0 Å². The van der Waals surface area contributed by atoms with Crippen molar-refractivity contribution in [1.82, 2.24) is 4.57 Å². The van der Waals surface area contributed by atoms with Crippen molar-refractivity contribution >= 4 is 40.9 Å². The Bertz CT molecular complexity index is 1670. The van der Waals surface area contributed by atoms with Gasteiger partial charge in [-0.1, -0.05) is 108 Å². The number of hydrogen-bond donors (Lipinski definition) is 1. The number of nitrogens with zero attached hydrogens (tertiary/aromatic N) is 2. The van der Waals surface area contributed by atoms with Crippen molar-refractivity contribution in [1.29, 1.82) is 5.26 Å². The van der Waals surface area contributed by atoms with Crippen molar-refractivity contribution in [3.63, 3.8) is 0 Å². The van der Waals surface area contributed by atoms with Crippen LogP contribution >= 0.6 is 23.2 Å². The Balaban J connectivity index is 1.71. The third kappa shape index (κ3) is 5.12. The Morgan fingerprint density at radius 3 is 2.03 bits per heavy atom. The number of carbonyl (C=O) groups is 1. The number of anilines is 1. The molecule has 0 aliphatic rings. The van der Waals surface area contributed by atoms with Gasteiger partial charge in [-0.2, -0.15) is 5.26 Å². The minimum absolute atomic E-state index is 0.0666. The second kappa shape index (κ2) is 11.2. The number of para-hydroxylation sites is 1. The van der Waals surface area contributed by atoms with Crippen LogP contribution in [0.25, 0.3) is 34.3 Å². The maximum absolute atomic E-state index is 13.2. The number of hydrogen-bond acceptors (Lipinski definition) is 2. The maximum atomic E-state index is 13.2. The molecule has 0 aliphatic heterocycles. The molecule has 0 fully saturated rings. The molecule has 0 saturated heterocycles. The van der Waals surface area contributed by atoms with Gasteiger partial charge in [0.1, 0.15) is 11.6 Å². The van der Waals surface area contributed by atoms with Crippen molar-refractivity contribution in [2.24, 2.45) is 0 Å². The predicted molar refractivity (Wildman–Crippen MR) is 155 cm³/mol. The summed E-state index contributed by atoms with van der Waals surface area (Å²) >= 11 is 12.4. The second-order valence-corrected chi connectivity index (χ2v) is 9.25. The summed E-state index contributed by atoms with van der Waals surface area (Å²) in [5.74, 6) is -0.579. The van der Waals surface area contributed by atoms with Crippen molar-refractivity contribution in [2.45, 2.75) is 0 Å². The van der Waals surface area contributed by atoms with Crippen LogP contribution in [0.2, 0.25) is 10.0 Å². The van der Waals surface area contributed by atoms with Gasteiger partial charge >= 0.3 is 0 Å². The zero-order chi connectivity index (χ0) is 26.5. The molecule has 38 heavy (non-hydrogen) atoms. The van der Waals surface area contributed by atoms with Crippen LogP contribution in [0.1, 0.15) is 5.56 Å². The van der Waals surface area contributed by atoms with E-state index >= 15 is 0 Å². The van der Waals surface area contributed by atoms with Gasteiger partial charge < -0.3 is 9.88 Å². The van der Waals surface area contributed by atoms with E-state index in [-0.39, 0.29) is 10.6 Å². The van der Waals surface area contributed by atoms with Gasteiger partial charge in [0.25, 0.3) is 5.91 Å². The monoisotopic (exact) mass is 533 g/mol. The van der Waals surface area contributed by atoms with E-state index in [1.807, 2.05) is 97.1 Å². The highest BCUT2D eigenvalue weighted by Gasteiger charge is 2.20. The number of nitrogens with one attached hydrogen (secondary N) is 1. The molecule has 4 aromatic carbocycles. The average molecular weight is 534 g/mol. The van der Waals surface area contributed by atoms with Crippen LogP contribution < -0.4 is 5.32 Å². The van der Waals surface area contributed by atoms with Gasteiger partial charge in [-0.15, -0.1) is 0 Å². The third-order valence-corrected chi connectivity index (χ3v) is 6.84. The molecular weight excluding hydrogens is 513 g/mol. The van der Waals surface area contributed by atoms with E-state index in [2.05, 4.69) is 16.0 Å². The van der Waals surface area contributed by atoms with Gasteiger partial charge in [0, 0.05) is 11.3 Å². The van der Waals surface area contributed by atoms with Gasteiger partial charge in [-0.05, 0) is 47.5 Å². The molecule has 1 heterocycles. The molecule has 0 aliphatic carbocycles. The fraction of sp³-hybridized carbons (Fsp3) is 0. The molecule has 0 bridgehead atoms. The maximum Gasteiger partial charge on any atom is 0.266 e. The number of aromatic nitrogens is 1. The highest BCUT2D eigenvalue weighted by atomic mass is 35.5. The predicted octanol–water partition coefficient (Wildman–Crippen LogP) is 8.66. The lowest BCUT2D eigenvalue weighted by Crippen LogP contribution is -2.13. The van der Waals surface area contributed by atoms with Gasteiger partial charge in [0.2, 0.25) is 0 Å². The van der Waals surface area contributed by atoms with E-state index in [4.69, 9.17) is 23.2 Å². The number of rotatable bonds is 6. The van der Waals surface area contributed by atoms with Gasteiger partial charge in [-0.3, -0.25) is 4.79 Å². The first-order valence-electron chi connectivity index (χ1n) is 11.9. The number of nitriles is 1. The largest absolute Gasteiger partial charge is 0.320 e. The van der Waals surface area contributed by atoms with E-state index in [0.717, 1.165) is 33.8 Å². The van der Waals surface area contributed by atoms with Gasteiger partial charge in [0.15, 0.2) is 0 Å². The van der Waals surface area contributed by atoms with E-state index in [1.54, 1.807) is 24.3 Å². The lowest BCUT2D eigenvalue weighted by Gasteiger charge is -2.15. The minimum Gasteiger partial charge on any atom is -0.320 e. The molecule has 0 spiro atoms. The molecule has 5 aromatic rings. The van der Waals surface area contributed by atoms with E-state index in [0.29, 0.717) is 10.7 Å². The Morgan fingerprint density at radius 1 is 0.789 bits per heavy atom. The van der Waals surface area contributed by atoms with E-state index < -0.39 is 5.91 Å². The molecule has 5 rings (SSSR count). The Morgan fingerprint density at radius 2 is 1.39 bits per heavy atom. The SMILES string of the molecule is N#C/C(=C\c1cc(-c2ccccc2)n(-c2ccccc2)c1-c1ccccc1)C(=O)Nc1cccc(Cl)c1Cl. The summed E-state index contributed by atoms with van der Waals surface area (Å²) in [6.07, 6.45) is 1.61. The Hall–Kier alpha value is -4.56. The summed E-state index contributed by atoms with van der Waals surface area (Å²) in [4.78, 5) is 13.2. The minimum atomic E-state index is -0.579. The van der Waals surface area contributed by atoms with Gasteiger partial charge in [-0.25, -0.2) is 0 Å². The molecule has 0 radical (unpaired) electrons. The molecule has 1 N–H and O–H groups in total. The van der Waals surface area contributed by atoms with Crippen LogP contribution in [0, 0.1) is 11.3 Å². The lowest BCUT2D eigenvalue weighted by atomic mass is 10.0. The summed E-state index contributed by atoms with van der Waals surface area (Å²) in [5, 5.41) is 13.2. The first kappa shape index (κ1) is 25.1. The number of amides is 1. The number of halogens is 2. The van der Waals surface area contributed by atoms with Gasteiger partial charge in [0.05, 0.1) is 27.1 Å². The molecule has 184 valence electrons. The standard InChI is InChI=1S/C32H21Cl2N3O/c33-27-17-10-18-28(30(27)34)36-32(38)25(21-35)19-24-20-29(22-11-4-1-5-12-22)37(26-15-8-3-9-16-26)31(24)23-13-6-2-7-14-23/h1-20H,(H,36,38)/b25-19+. The summed E-state index contributed by atoms with van der Waals surface area (Å²) in [7, 11) is 0. The zero-order valence-electron chi connectivity index (χ0n) is 20.1. The van der Waals surface area contributed by atoms with Crippen LogP contribution in [-0.2, 0) is 4.79 Å². The molecule has 1 aromatic heterocycles. The smallest absolute Gasteiger partial charge is 0.266 e. The average Bonchev–Trinajstić information content (AvgIpc) is 3.34. The molecular formula is C32H21Cl2N3O. The third-order valence-electron chi connectivity index (χ3n) is 6.03. The Kier molecular flexibility index (Phi) is 7.42. The van der Waals surface area contributed by atoms with Crippen molar-refractivity contribution in [3.05, 3.63) is 136 Å². The van der Waals surface area contributed by atoms with Crippen LogP contribution in [0.4, 0.5) is 5.69 Å². The molecule has 0 saturated carbocycles. The van der Waals surface area contributed by atoms with Crippen LogP contribution in [0.3, 0.4) is 0 Å². The second-order valence-electron chi connectivity index (χ2n) is 8.46. The summed E-state index contributed by atoms with van der Waals surface area (Å²) in [5.41, 5.74) is 5.68. The fourth-order valence-electron chi connectivity index (χ4n) is 4.29. The fourth-order valence-corrected chi connectivity index (χ4v) is 4.64. The molecule has 4 nitrogen and oxygen atoms in total. The first-order valence-corrected chi connectivity index (χ1v) is 12.6. The molecule has 0 unspecified atom stereocenters. The summed E-state index contributed by atoms with van der Waals surface area (Å²) < 4.78 is 2.15. The topological polar surface area (TPSA) is 57.8 Å². The number of carbonyl (C=O) groups excluding carboxylic acids is 1. The van der Waals surface area contributed by atoms with E-state index in [1.165, 1.54) is 0 Å².